The molecule has 0 atom stereocenters. The maximum absolute atomic E-state index is 5.96. The Labute approximate surface area is 74.0 Å². The first kappa shape index (κ1) is 7.78. The molecule has 0 fully saturated rings. The molecule has 1 aromatic heterocycles. The fraction of sp³-hybridized carbons (Fsp3) is 0.556. The van der Waals surface area contributed by atoms with Crippen LogP contribution in [-0.4, -0.2) is 12.8 Å². The zero-order chi connectivity index (χ0) is 8.55. The highest BCUT2D eigenvalue weighted by Gasteiger charge is 2.13. The highest BCUT2D eigenvalue weighted by molar-refractivity contribution is 6.34. The van der Waals surface area contributed by atoms with Crippen molar-refractivity contribution in [2.75, 3.05) is 5.73 Å². The smallest absolute Gasteiger partial charge is 0.163 e. The van der Waals surface area contributed by atoms with Gasteiger partial charge in [0.05, 0.1) is 0 Å². The topological polar surface area (TPSA) is 41.8 Å². The minimum Gasteiger partial charge on any atom is -0.398 e. The van der Waals surface area contributed by atoms with E-state index < -0.39 is 0 Å². The van der Waals surface area contributed by atoms with E-state index in [0.29, 0.717) is 0 Å². The van der Waals surface area contributed by atoms with Gasteiger partial charge in [-0.05, 0) is 36.8 Å². The van der Waals surface area contributed by atoms with Gasteiger partial charge in [0.2, 0.25) is 0 Å². The van der Waals surface area contributed by atoms with Crippen molar-refractivity contribution in [2.24, 2.45) is 0 Å². The van der Waals surface area contributed by atoms with E-state index in [2.05, 4.69) is 12.8 Å². The summed E-state index contributed by atoms with van der Waals surface area (Å²) in [6, 6.07) is 0. The Morgan fingerprint density at radius 1 is 1.17 bits per heavy atom. The molecule has 3 N–H and O–H groups in total. The molecule has 64 valence electrons. The summed E-state index contributed by atoms with van der Waals surface area (Å²) >= 11 is 0. The van der Waals surface area contributed by atoms with Gasteiger partial charge < -0.3 is 10.7 Å². The van der Waals surface area contributed by atoms with Crippen LogP contribution in [0.15, 0.2) is 0 Å². The molecule has 12 heavy (non-hydrogen) atoms. The summed E-state index contributed by atoms with van der Waals surface area (Å²) in [4.78, 5) is 3.38. The summed E-state index contributed by atoms with van der Waals surface area (Å²) in [6.07, 6.45) is 6.32. The van der Waals surface area contributed by atoms with Crippen LogP contribution in [0.2, 0.25) is 0 Å². The Kier molecular flexibility index (Phi) is 1.87. The highest BCUT2D eigenvalue weighted by atomic mass is 14.8. The van der Waals surface area contributed by atoms with E-state index in [1.54, 1.807) is 0 Å². The van der Waals surface area contributed by atoms with Crippen LogP contribution in [0.5, 0.6) is 0 Å². The van der Waals surface area contributed by atoms with Crippen LogP contribution in [0, 0.1) is 0 Å². The molecule has 0 amide bonds. The normalized spacial score (nSPS) is 17.0. The number of aryl methyl sites for hydroxylation is 1. The van der Waals surface area contributed by atoms with Crippen LogP contribution in [0.1, 0.15) is 30.5 Å². The van der Waals surface area contributed by atoms with Crippen molar-refractivity contribution in [1.29, 1.82) is 0 Å². The van der Waals surface area contributed by atoms with Gasteiger partial charge in [0.1, 0.15) is 0 Å². The Hall–Kier alpha value is -0.855. The molecule has 0 bridgehead atoms. The molecule has 0 aromatic carbocycles. The summed E-state index contributed by atoms with van der Waals surface area (Å²) in [5.74, 6) is 0. The fourth-order valence-corrected chi connectivity index (χ4v) is 2.04. The molecule has 0 aliphatic heterocycles. The molecule has 0 saturated carbocycles. The molecule has 0 unspecified atom stereocenters. The van der Waals surface area contributed by atoms with E-state index in [1.165, 1.54) is 43.4 Å². The van der Waals surface area contributed by atoms with Gasteiger partial charge in [0.25, 0.3) is 0 Å². The van der Waals surface area contributed by atoms with Crippen LogP contribution in [-0.2, 0) is 12.8 Å². The lowest BCUT2D eigenvalue weighted by Gasteiger charge is -1.97. The van der Waals surface area contributed by atoms with Crippen molar-refractivity contribution in [2.45, 2.75) is 32.1 Å². The van der Waals surface area contributed by atoms with E-state index in [0.717, 1.165) is 11.3 Å². The Morgan fingerprint density at radius 2 is 1.92 bits per heavy atom. The summed E-state index contributed by atoms with van der Waals surface area (Å²) < 4.78 is 0. The van der Waals surface area contributed by atoms with Gasteiger partial charge in [-0.15, -0.1) is 0 Å². The first-order chi connectivity index (χ1) is 5.79. The molecule has 3 heteroatoms. The second kappa shape index (κ2) is 2.89. The third kappa shape index (κ3) is 1.13. The van der Waals surface area contributed by atoms with Crippen molar-refractivity contribution >= 4 is 19.1 Å². The molecule has 0 spiro atoms. The number of nitrogens with one attached hydrogen (secondary N) is 1. The van der Waals surface area contributed by atoms with Gasteiger partial charge in [0.15, 0.2) is 7.85 Å². The number of aromatic amines is 1. The van der Waals surface area contributed by atoms with Crippen LogP contribution in [0.4, 0.5) is 5.69 Å². The molecule has 2 nitrogen and oxygen atoms in total. The lowest BCUT2D eigenvalue weighted by Crippen LogP contribution is -2.09. The van der Waals surface area contributed by atoms with E-state index >= 15 is 0 Å². The SMILES string of the molecule is Bc1[nH]c2c(c1N)CCCCC2. The van der Waals surface area contributed by atoms with Gasteiger partial charge in [0, 0.05) is 11.4 Å². The van der Waals surface area contributed by atoms with Crippen LogP contribution in [0.25, 0.3) is 0 Å². The predicted molar refractivity (Wildman–Crippen MR) is 54.6 cm³/mol. The lowest BCUT2D eigenvalue weighted by atomic mass is 10.0. The van der Waals surface area contributed by atoms with E-state index in [-0.39, 0.29) is 0 Å². The average molecular weight is 162 g/mol. The Morgan fingerprint density at radius 3 is 2.75 bits per heavy atom. The number of anilines is 1. The predicted octanol–water partition coefficient (Wildman–Crippen LogP) is 0.124. The van der Waals surface area contributed by atoms with Crippen LogP contribution >= 0.6 is 0 Å². The van der Waals surface area contributed by atoms with Gasteiger partial charge in [-0.25, -0.2) is 0 Å². The van der Waals surface area contributed by atoms with E-state index in [9.17, 15) is 0 Å². The summed E-state index contributed by atoms with van der Waals surface area (Å²) in [5.41, 5.74) is 10.9. The third-order valence-electron chi connectivity index (χ3n) is 2.79. The number of nitrogens with two attached hydrogens (primary N) is 1. The molecule has 1 aliphatic rings. The van der Waals surface area contributed by atoms with E-state index in [4.69, 9.17) is 5.73 Å². The molecule has 1 aromatic rings. The number of nitrogen functional groups attached to an aromatic ring is 1. The first-order valence-corrected chi connectivity index (χ1v) is 4.75. The van der Waals surface area contributed by atoms with Gasteiger partial charge in [-0.3, -0.25) is 0 Å². The standard InChI is InChI=1S/C9H15BN2/c10-9-8(11)6-4-2-1-3-5-7(6)12-9/h12H,1-5,10-11H2. The average Bonchev–Trinajstić information content (AvgIpc) is 2.30. The summed E-state index contributed by atoms with van der Waals surface area (Å²) in [7, 11) is 2.06. The molecule has 0 radical (unpaired) electrons. The summed E-state index contributed by atoms with van der Waals surface area (Å²) in [6.45, 7) is 0. The zero-order valence-corrected chi connectivity index (χ0v) is 7.61. The van der Waals surface area contributed by atoms with Gasteiger partial charge in [-0.2, -0.15) is 0 Å². The Balaban J connectivity index is 2.42. The largest absolute Gasteiger partial charge is 0.398 e. The molecule has 2 rings (SSSR count). The number of rotatable bonds is 0. The minimum atomic E-state index is 1.01. The van der Waals surface area contributed by atoms with Gasteiger partial charge in [-0.1, -0.05) is 6.42 Å². The molecule has 1 heterocycles. The number of fused-ring (bicyclic) bond motifs is 1. The molecular formula is C9H15BN2. The van der Waals surface area contributed by atoms with Crippen molar-refractivity contribution in [3.05, 3.63) is 11.3 Å². The monoisotopic (exact) mass is 162 g/mol. The van der Waals surface area contributed by atoms with Crippen molar-refractivity contribution in [3.8, 4) is 0 Å². The molecular weight excluding hydrogens is 147 g/mol. The maximum atomic E-state index is 5.96. The van der Waals surface area contributed by atoms with Crippen LogP contribution < -0.4 is 11.3 Å². The second-order valence-corrected chi connectivity index (χ2v) is 3.68. The Bertz CT molecular complexity index is 291. The number of hydrogen-bond acceptors (Lipinski definition) is 1. The quantitative estimate of drug-likeness (QED) is 0.413. The van der Waals surface area contributed by atoms with Gasteiger partial charge >= 0.3 is 0 Å². The molecule has 1 aliphatic carbocycles. The number of aromatic nitrogens is 1. The van der Waals surface area contributed by atoms with Crippen molar-refractivity contribution < 1.29 is 0 Å². The second-order valence-electron chi connectivity index (χ2n) is 3.68. The van der Waals surface area contributed by atoms with E-state index in [1.807, 2.05) is 0 Å². The summed E-state index contributed by atoms with van der Waals surface area (Å²) in [5, 5.41) is 0. The first-order valence-electron chi connectivity index (χ1n) is 4.75. The number of hydrogen-bond donors (Lipinski definition) is 2. The zero-order valence-electron chi connectivity index (χ0n) is 7.61. The van der Waals surface area contributed by atoms with Crippen molar-refractivity contribution in [1.82, 2.24) is 4.98 Å². The fourth-order valence-electron chi connectivity index (χ4n) is 2.04. The minimum absolute atomic E-state index is 1.01. The maximum Gasteiger partial charge on any atom is 0.163 e. The highest BCUT2D eigenvalue weighted by Crippen LogP contribution is 2.22. The van der Waals surface area contributed by atoms with Crippen LogP contribution in [0.3, 0.4) is 0 Å². The third-order valence-corrected chi connectivity index (χ3v) is 2.79. The number of H-pyrrole nitrogens is 1. The van der Waals surface area contributed by atoms with Crippen molar-refractivity contribution in [3.63, 3.8) is 0 Å². The molecule has 0 saturated heterocycles. The lowest BCUT2D eigenvalue weighted by molar-refractivity contribution is 0.708.